The molecule has 0 aromatic rings. The Labute approximate surface area is 416 Å². The molecule has 0 saturated heterocycles. The van der Waals surface area contributed by atoms with Crippen LogP contribution < -0.4 is 0 Å². The monoisotopic (exact) mass is 939 g/mol. The Hall–Kier alpha value is -2.63. The lowest BCUT2D eigenvalue weighted by molar-refractivity contribution is -0.167. The van der Waals surface area contributed by atoms with Crippen molar-refractivity contribution in [1.29, 1.82) is 0 Å². The summed E-state index contributed by atoms with van der Waals surface area (Å²) >= 11 is 0. The molecule has 0 aliphatic rings. The second-order valence-electron chi connectivity index (χ2n) is 19.5. The summed E-state index contributed by atoms with van der Waals surface area (Å²) in [7, 11) is 0. The van der Waals surface area contributed by atoms with Crippen LogP contribution in [0.15, 0.2) is 48.6 Å². The minimum Gasteiger partial charge on any atom is -0.462 e. The predicted octanol–water partition coefficient (Wildman–Crippen LogP) is 19.4. The van der Waals surface area contributed by atoms with Crippen LogP contribution in [-0.2, 0) is 28.6 Å². The third-order valence-corrected chi connectivity index (χ3v) is 12.8. The summed E-state index contributed by atoms with van der Waals surface area (Å²) in [5.74, 6) is -0.915. The Morgan fingerprint density at radius 2 is 0.612 bits per heavy atom. The van der Waals surface area contributed by atoms with Crippen molar-refractivity contribution in [2.24, 2.45) is 0 Å². The van der Waals surface area contributed by atoms with Crippen LogP contribution in [-0.4, -0.2) is 37.2 Å². The van der Waals surface area contributed by atoms with Crippen molar-refractivity contribution < 1.29 is 28.6 Å². The molecular weight excluding hydrogens is 829 g/mol. The summed E-state index contributed by atoms with van der Waals surface area (Å²) in [6.45, 7) is 6.46. The summed E-state index contributed by atoms with van der Waals surface area (Å²) < 4.78 is 16.8. The Morgan fingerprint density at radius 3 is 1.00 bits per heavy atom. The summed E-state index contributed by atoms with van der Waals surface area (Å²) in [4.78, 5) is 38.0. The molecule has 67 heavy (non-hydrogen) atoms. The van der Waals surface area contributed by atoms with Crippen molar-refractivity contribution >= 4 is 17.9 Å². The van der Waals surface area contributed by atoms with E-state index in [9.17, 15) is 14.4 Å². The second-order valence-corrected chi connectivity index (χ2v) is 19.5. The fourth-order valence-electron chi connectivity index (χ4n) is 8.46. The quantitative estimate of drug-likeness (QED) is 0.0262. The van der Waals surface area contributed by atoms with Crippen molar-refractivity contribution in [3.05, 3.63) is 48.6 Å². The van der Waals surface area contributed by atoms with E-state index in [4.69, 9.17) is 14.2 Å². The van der Waals surface area contributed by atoms with Crippen molar-refractivity contribution in [3.8, 4) is 0 Å². The van der Waals surface area contributed by atoms with Crippen LogP contribution in [0.3, 0.4) is 0 Å². The van der Waals surface area contributed by atoms with Crippen LogP contribution in [0.5, 0.6) is 0 Å². The molecule has 390 valence electrons. The van der Waals surface area contributed by atoms with Crippen molar-refractivity contribution in [2.75, 3.05) is 13.2 Å². The van der Waals surface area contributed by atoms with Crippen LogP contribution in [0.4, 0.5) is 0 Å². The fraction of sp³-hybridized carbons (Fsp3) is 0.820. The smallest absolute Gasteiger partial charge is 0.306 e. The van der Waals surface area contributed by atoms with Gasteiger partial charge in [-0.3, -0.25) is 14.4 Å². The number of hydrogen-bond acceptors (Lipinski definition) is 6. The zero-order chi connectivity index (χ0) is 48.6. The highest BCUT2D eigenvalue weighted by atomic mass is 16.6. The van der Waals surface area contributed by atoms with E-state index in [0.29, 0.717) is 19.3 Å². The molecule has 0 N–H and O–H groups in total. The first-order valence-electron chi connectivity index (χ1n) is 29.1. The van der Waals surface area contributed by atoms with Crippen molar-refractivity contribution in [1.82, 2.24) is 0 Å². The number of rotatable bonds is 53. The molecule has 0 radical (unpaired) electrons. The SMILES string of the molecule is CC/C=C\C/C=C\C/C=C\CCCCCC(=O)OC(COC(=O)CCCCCCC/C=C\CCC)COC(=O)CCCCCCCCCCCCCCCCCCCCCCCCCCCC. The van der Waals surface area contributed by atoms with Crippen LogP contribution in [0.1, 0.15) is 303 Å². The van der Waals surface area contributed by atoms with Crippen LogP contribution in [0.2, 0.25) is 0 Å². The highest BCUT2D eigenvalue weighted by molar-refractivity contribution is 5.71. The summed E-state index contributed by atoms with van der Waals surface area (Å²) in [6, 6.07) is 0. The van der Waals surface area contributed by atoms with E-state index in [1.807, 2.05) is 0 Å². The van der Waals surface area contributed by atoms with Gasteiger partial charge in [0.1, 0.15) is 13.2 Å². The molecule has 6 heteroatoms. The number of unbranched alkanes of at least 4 members (excludes halogenated alkanes) is 34. The van der Waals surface area contributed by atoms with Gasteiger partial charge in [-0.25, -0.2) is 0 Å². The van der Waals surface area contributed by atoms with E-state index < -0.39 is 6.10 Å². The van der Waals surface area contributed by atoms with Gasteiger partial charge in [-0.15, -0.1) is 0 Å². The molecule has 1 atom stereocenters. The largest absolute Gasteiger partial charge is 0.462 e. The number of carbonyl (C=O) groups excluding carboxylic acids is 3. The molecule has 0 aliphatic heterocycles. The number of carbonyl (C=O) groups is 3. The average molecular weight is 940 g/mol. The number of allylic oxidation sites excluding steroid dienone is 8. The average Bonchev–Trinajstić information content (AvgIpc) is 3.33. The Kier molecular flexibility index (Phi) is 53.8. The molecule has 0 aromatic carbocycles. The molecular formula is C61H110O6. The van der Waals surface area contributed by atoms with Gasteiger partial charge in [0, 0.05) is 19.3 Å². The van der Waals surface area contributed by atoms with Crippen LogP contribution in [0.25, 0.3) is 0 Å². The molecule has 0 amide bonds. The van der Waals surface area contributed by atoms with Gasteiger partial charge in [0.25, 0.3) is 0 Å². The van der Waals surface area contributed by atoms with Gasteiger partial charge in [0.05, 0.1) is 0 Å². The third-order valence-electron chi connectivity index (χ3n) is 12.8. The molecule has 0 heterocycles. The van der Waals surface area contributed by atoms with Crippen LogP contribution in [0, 0.1) is 0 Å². The highest BCUT2D eigenvalue weighted by Crippen LogP contribution is 2.17. The molecule has 1 unspecified atom stereocenters. The molecule has 0 aromatic heterocycles. The number of esters is 3. The van der Waals surface area contributed by atoms with Gasteiger partial charge in [-0.1, -0.05) is 262 Å². The Balaban J connectivity index is 4.15. The first-order chi connectivity index (χ1) is 33.0. The minimum atomic E-state index is -0.788. The van der Waals surface area contributed by atoms with Crippen LogP contribution >= 0.6 is 0 Å². The Bertz CT molecular complexity index is 1170. The van der Waals surface area contributed by atoms with Gasteiger partial charge in [-0.2, -0.15) is 0 Å². The highest BCUT2D eigenvalue weighted by Gasteiger charge is 2.19. The topological polar surface area (TPSA) is 78.9 Å². The summed E-state index contributed by atoms with van der Waals surface area (Å²) in [5, 5.41) is 0. The van der Waals surface area contributed by atoms with E-state index in [1.54, 1.807) is 0 Å². The lowest BCUT2D eigenvalue weighted by atomic mass is 10.0. The van der Waals surface area contributed by atoms with E-state index in [0.717, 1.165) is 96.3 Å². The molecule has 0 saturated carbocycles. The molecule has 0 rings (SSSR count). The molecule has 0 aliphatic carbocycles. The van der Waals surface area contributed by atoms with Gasteiger partial charge in [0.2, 0.25) is 0 Å². The van der Waals surface area contributed by atoms with E-state index in [2.05, 4.69) is 69.4 Å². The predicted molar refractivity (Wildman–Crippen MR) is 289 cm³/mol. The normalized spacial score (nSPS) is 12.3. The standard InChI is InChI=1S/C61H110O6/c1-4-7-10-13-16-19-22-24-25-26-27-28-29-30-31-32-33-34-35-36-38-39-42-45-48-51-54-60(63)66-57-58(56-65-59(62)53-50-47-44-41-21-18-15-12-9-6-3)67-61(64)55-52-49-46-43-40-37-23-20-17-14-11-8-5-2/h8,11-12,15,17,20,37,40,58H,4-7,9-10,13-14,16,18-19,21-36,38-39,41-57H2,1-3H3/b11-8-,15-12-,20-17-,40-37-. The van der Waals surface area contributed by atoms with Crippen molar-refractivity contribution in [2.45, 2.75) is 309 Å². The Morgan fingerprint density at radius 1 is 0.313 bits per heavy atom. The van der Waals surface area contributed by atoms with E-state index in [-0.39, 0.29) is 31.1 Å². The maximum absolute atomic E-state index is 12.8. The first-order valence-corrected chi connectivity index (χ1v) is 29.1. The number of hydrogen-bond donors (Lipinski definition) is 0. The van der Waals surface area contributed by atoms with E-state index >= 15 is 0 Å². The van der Waals surface area contributed by atoms with Gasteiger partial charge < -0.3 is 14.2 Å². The van der Waals surface area contributed by atoms with Gasteiger partial charge in [-0.05, 0) is 70.6 Å². The molecule has 0 spiro atoms. The third kappa shape index (κ3) is 54.2. The fourth-order valence-corrected chi connectivity index (χ4v) is 8.46. The maximum atomic E-state index is 12.8. The number of ether oxygens (including phenoxy) is 3. The maximum Gasteiger partial charge on any atom is 0.306 e. The summed E-state index contributed by atoms with van der Waals surface area (Å²) in [5.41, 5.74) is 0. The zero-order valence-corrected chi connectivity index (χ0v) is 44.7. The molecule has 6 nitrogen and oxygen atoms in total. The summed E-state index contributed by atoms with van der Waals surface area (Å²) in [6.07, 6.45) is 68.5. The lowest BCUT2D eigenvalue weighted by Gasteiger charge is -2.18. The second kappa shape index (κ2) is 56.0. The zero-order valence-electron chi connectivity index (χ0n) is 44.7. The molecule has 0 fully saturated rings. The van der Waals surface area contributed by atoms with E-state index in [1.165, 1.54) is 167 Å². The molecule has 0 bridgehead atoms. The minimum absolute atomic E-state index is 0.0852. The first kappa shape index (κ1) is 64.4. The van der Waals surface area contributed by atoms with Crippen molar-refractivity contribution in [3.63, 3.8) is 0 Å². The van der Waals surface area contributed by atoms with Gasteiger partial charge >= 0.3 is 17.9 Å². The van der Waals surface area contributed by atoms with Gasteiger partial charge in [0.15, 0.2) is 6.10 Å². The lowest BCUT2D eigenvalue weighted by Crippen LogP contribution is -2.30.